The number of nitrogen functional groups attached to an aromatic ring is 1. The number of hydrogen-bond donors (Lipinski definition) is 2. The lowest BCUT2D eigenvalue weighted by molar-refractivity contribution is 0.0827. The van der Waals surface area contributed by atoms with Gasteiger partial charge in [0.15, 0.2) is 0 Å². The quantitative estimate of drug-likeness (QED) is 0.848. The summed E-state index contributed by atoms with van der Waals surface area (Å²) in [6.45, 7) is 2.60. The Labute approximate surface area is 122 Å². The lowest BCUT2D eigenvalue weighted by Gasteiger charge is -2.13. The molecule has 2 aromatic rings. The second kappa shape index (κ2) is 5.92. The van der Waals surface area contributed by atoms with Crippen molar-refractivity contribution < 1.29 is 4.79 Å². The van der Waals surface area contributed by atoms with Crippen LogP contribution in [0.5, 0.6) is 0 Å². The fourth-order valence-electron chi connectivity index (χ4n) is 1.79. The highest BCUT2D eigenvalue weighted by atomic mass is 32.1. The molecule has 3 N–H and O–H groups in total. The summed E-state index contributed by atoms with van der Waals surface area (Å²) in [5, 5.41) is 6.29. The largest absolute Gasteiger partial charge is 0.397 e. The minimum absolute atomic E-state index is 0.0571. The van der Waals surface area contributed by atoms with Crippen molar-refractivity contribution in [2.75, 3.05) is 25.1 Å². The normalized spacial score (nSPS) is 10.3. The van der Waals surface area contributed by atoms with Crippen LogP contribution >= 0.6 is 11.3 Å². The van der Waals surface area contributed by atoms with E-state index in [2.05, 4.69) is 10.3 Å². The van der Waals surface area contributed by atoms with Crippen LogP contribution in [-0.4, -0.2) is 29.9 Å². The van der Waals surface area contributed by atoms with Crippen LogP contribution in [-0.2, 0) is 6.54 Å². The number of aryl methyl sites for hydroxylation is 1. The predicted molar refractivity (Wildman–Crippen MR) is 83.0 cm³/mol. The molecule has 1 aromatic heterocycles. The zero-order valence-electron chi connectivity index (χ0n) is 11.8. The third-order valence-electron chi connectivity index (χ3n) is 2.83. The number of thiazole rings is 1. The lowest BCUT2D eigenvalue weighted by Crippen LogP contribution is -2.21. The number of carbonyl (C=O) groups is 1. The van der Waals surface area contributed by atoms with E-state index in [0.717, 1.165) is 16.4 Å². The standard InChI is InChI=1S/C14H18N4OS/c1-9-17-11(8-20-9)7-16-13-5-4-10(6-12(13)15)14(19)18(2)3/h4-6,8,16H,7,15H2,1-3H3. The Hall–Kier alpha value is -2.08. The molecular weight excluding hydrogens is 272 g/mol. The third-order valence-corrected chi connectivity index (χ3v) is 3.65. The molecule has 0 aliphatic rings. The van der Waals surface area contributed by atoms with Gasteiger partial charge in [0.05, 0.1) is 28.6 Å². The van der Waals surface area contributed by atoms with Gasteiger partial charge in [0.1, 0.15) is 0 Å². The maximum absolute atomic E-state index is 11.8. The molecule has 0 spiro atoms. The Morgan fingerprint density at radius 1 is 1.45 bits per heavy atom. The number of nitrogens with zero attached hydrogens (tertiary/aromatic N) is 2. The molecule has 6 heteroatoms. The molecule has 0 atom stereocenters. The molecule has 0 bridgehead atoms. The van der Waals surface area contributed by atoms with E-state index in [1.807, 2.05) is 18.4 Å². The zero-order valence-corrected chi connectivity index (χ0v) is 12.6. The van der Waals surface area contributed by atoms with Gasteiger partial charge < -0.3 is 16.0 Å². The summed E-state index contributed by atoms with van der Waals surface area (Å²) in [6, 6.07) is 5.29. The summed E-state index contributed by atoms with van der Waals surface area (Å²) in [5.41, 5.74) is 8.92. The van der Waals surface area contributed by atoms with Crippen LogP contribution in [0.3, 0.4) is 0 Å². The van der Waals surface area contributed by atoms with Gasteiger partial charge in [-0.2, -0.15) is 0 Å². The Bertz CT molecular complexity index is 621. The highest BCUT2D eigenvalue weighted by Crippen LogP contribution is 2.21. The highest BCUT2D eigenvalue weighted by Gasteiger charge is 2.10. The number of carbonyl (C=O) groups excluding carboxylic acids is 1. The van der Waals surface area contributed by atoms with Gasteiger partial charge in [0.2, 0.25) is 0 Å². The number of nitrogens with one attached hydrogen (secondary N) is 1. The van der Waals surface area contributed by atoms with Crippen LogP contribution in [0.1, 0.15) is 21.1 Å². The maximum Gasteiger partial charge on any atom is 0.253 e. The topological polar surface area (TPSA) is 71.2 Å². The van der Waals surface area contributed by atoms with Crippen molar-refractivity contribution in [3.63, 3.8) is 0 Å². The summed E-state index contributed by atoms with van der Waals surface area (Å²) in [4.78, 5) is 17.7. The first-order chi connectivity index (χ1) is 9.47. The molecule has 106 valence electrons. The van der Waals surface area contributed by atoms with Gasteiger partial charge in [-0.3, -0.25) is 4.79 Å². The van der Waals surface area contributed by atoms with E-state index in [4.69, 9.17) is 5.73 Å². The molecule has 5 nitrogen and oxygen atoms in total. The van der Waals surface area contributed by atoms with E-state index in [0.29, 0.717) is 17.8 Å². The molecule has 1 heterocycles. The van der Waals surface area contributed by atoms with E-state index >= 15 is 0 Å². The molecule has 0 unspecified atom stereocenters. The SMILES string of the molecule is Cc1nc(CNc2ccc(C(=O)N(C)C)cc2N)cs1. The Balaban J connectivity index is 2.08. The molecule has 0 fully saturated rings. The molecule has 20 heavy (non-hydrogen) atoms. The van der Waals surface area contributed by atoms with Crippen molar-refractivity contribution in [2.45, 2.75) is 13.5 Å². The van der Waals surface area contributed by atoms with Crippen LogP contribution in [0.25, 0.3) is 0 Å². The number of nitrogens with two attached hydrogens (primary N) is 1. The highest BCUT2D eigenvalue weighted by molar-refractivity contribution is 7.09. The van der Waals surface area contributed by atoms with Gasteiger partial charge in [-0.1, -0.05) is 0 Å². The lowest BCUT2D eigenvalue weighted by atomic mass is 10.1. The second-order valence-electron chi connectivity index (χ2n) is 4.71. The van der Waals surface area contributed by atoms with E-state index in [1.165, 1.54) is 4.90 Å². The molecule has 2 rings (SSSR count). The molecule has 0 saturated heterocycles. The average Bonchev–Trinajstić information content (AvgIpc) is 2.82. The first-order valence-corrected chi connectivity index (χ1v) is 7.11. The Kier molecular flexibility index (Phi) is 4.24. The minimum Gasteiger partial charge on any atom is -0.397 e. The minimum atomic E-state index is -0.0571. The zero-order chi connectivity index (χ0) is 14.7. The molecule has 0 aliphatic heterocycles. The van der Waals surface area contributed by atoms with Gasteiger partial charge in [-0.25, -0.2) is 4.98 Å². The maximum atomic E-state index is 11.8. The fourth-order valence-corrected chi connectivity index (χ4v) is 2.40. The van der Waals surface area contributed by atoms with Crippen LogP contribution in [0, 0.1) is 6.92 Å². The number of amides is 1. The third kappa shape index (κ3) is 3.27. The molecular formula is C14H18N4OS. The monoisotopic (exact) mass is 290 g/mol. The molecule has 1 amide bonds. The van der Waals surface area contributed by atoms with Crippen molar-refractivity contribution in [1.82, 2.24) is 9.88 Å². The van der Waals surface area contributed by atoms with E-state index in [9.17, 15) is 4.79 Å². The molecule has 0 radical (unpaired) electrons. The number of aromatic nitrogens is 1. The number of anilines is 2. The van der Waals surface area contributed by atoms with Gasteiger partial charge in [0, 0.05) is 25.0 Å². The van der Waals surface area contributed by atoms with E-state index in [1.54, 1.807) is 37.6 Å². The summed E-state index contributed by atoms with van der Waals surface area (Å²) < 4.78 is 0. The number of rotatable bonds is 4. The van der Waals surface area contributed by atoms with Crippen LogP contribution in [0.2, 0.25) is 0 Å². The fraction of sp³-hybridized carbons (Fsp3) is 0.286. The number of hydrogen-bond acceptors (Lipinski definition) is 5. The molecule has 0 aliphatic carbocycles. The van der Waals surface area contributed by atoms with Gasteiger partial charge in [-0.05, 0) is 25.1 Å². The van der Waals surface area contributed by atoms with Crippen molar-refractivity contribution >= 4 is 28.6 Å². The van der Waals surface area contributed by atoms with Crippen LogP contribution in [0.4, 0.5) is 11.4 Å². The molecule has 0 saturated carbocycles. The summed E-state index contributed by atoms with van der Waals surface area (Å²) in [6.07, 6.45) is 0. The smallest absolute Gasteiger partial charge is 0.253 e. The summed E-state index contributed by atoms with van der Waals surface area (Å²) in [7, 11) is 3.44. The van der Waals surface area contributed by atoms with Gasteiger partial charge in [0.25, 0.3) is 5.91 Å². The first kappa shape index (κ1) is 14.3. The summed E-state index contributed by atoms with van der Waals surface area (Å²) >= 11 is 1.62. The predicted octanol–water partition coefficient (Wildman–Crippen LogP) is 2.35. The molecule has 1 aromatic carbocycles. The van der Waals surface area contributed by atoms with Gasteiger partial charge >= 0.3 is 0 Å². The Morgan fingerprint density at radius 3 is 2.75 bits per heavy atom. The average molecular weight is 290 g/mol. The van der Waals surface area contributed by atoms with Gasteiger partial charge in [-0.15, -0.1) is 11.3 Å². The Morgan fingerprint density at radius 2 is 2.20 bits per heavy atom. The van der Waals surface area contributed by atoms with Crippen molar-refractivity contribution in [3.05, 3.63) is 39.8 Å². The van der Waals surface area contributed by atoms with Crippen molar-refractivity contribution in [2.24, 2.45) is 0 Å². The van der Waals surface area contributed by atoms with Crippen LogP contribution in [0.15, 0.2) is 23.6 Å². The number of benzene rings is 1. The second-order valence-corrected chi connectivity index (χ2v) is 5.78. The summed E-state index contributed by atoms with van der Waals surface area (Å²) in [5.74, 6) is -0.0571. The van der Waals surface area contributed by atoms with Crippen LogP contribution < -0.4 is 11.1 Å². The van der Waals surface area contributed by atoms with E-state index < -0.39 is 0 Å². The first-order valence-electron chi connectivity index (χ1n) is 6.23. The van der Waals surface area contributed by atoms with Crippen molar-refractivity contribution in [3.8, 4) is 0 Å². The van der Waals surface area contributed by atoms with E-state index in [-0.39, 0.29) is 5.91 Å². The van der Waals surface area contributed by atoms with Crippen molar-refractivity contribution in [1.29, 1.82) is 0 Å².